The number of carbonyl (C=O) groups is 1. The number of alkyl halides is 2. The van der Waals surface area contributed by atoms with Crippen molar-refractivity contribution in [3.05, 3.63) is 95.6 Å². The molecule has 2 unspecified atom stereocenters. The molecule has 0 aromatic heterocycles. The van der Waals surface area contributed by atoms with E-state index in [0.717, 1.165) is 28.8 Å². The van der Waals surface area contributed by atoms with Crippen molar-refractivity contribution < 1.29 is 30.8 Å². The molecule has 0 bridgehead atoms. The van der Waals surface area contributed by atoms with Crippen LogP contribution in [0, 0.1) is 28.9 Å². The second-order valence-electron chi connectivity index (χ2n) is 11.5. The maximum Gasteiger partial charge on any atom is 0.273 e. The number of aliphatic imine (C=N–C) groups is 1. The van der Waals surface area contributed by atoms with Gasteiger partial charge in [-0.3, -0.25) is 14.7 Å². The summed E-state index contributed by atoms with van der Waals surface area (Å²) >= 11 is 0. The first-order valence-electron chi connectivity index (χ1n) is 14.4. The zero-order valence-electron chi connectivity index (χ0n) is 24.3. The Hall–Kier alpha value is -3.94. The van der Waals surface area contributed by atoms with Gasteiger partial charge in [0.15, 0.2) is 0 Å². The Bertz CT molecular complexity index is 1660. The molecular weight excluding hydrogens is 610 g/mol. The third-order valence-corrected chi connectivity index (χ3v) is 9.33. The summed E-state index contributed by atoms with van der Waals surface area (Å²) in [5, 5.41) is 13.4. The fourth-order valence-electron chi connectivity index (χ4n) is 5.98. The van der Waals surface area contributed by atoms with Crippen molar-refractivity contribution in [3.8, 4) is 0 Å². The number of rotatable bonds is 9. The molecule has 238 valence electrons. The molecule has 1 amide bonds. The summed E-state index contributed by atoms with van der Waals surface area (Å²) in [5.41, 5.74) is 1.83. The van der Waals surface area contributed by atoms with E-state index in [2.05, 4.69) is 9.89 Å². The SMILES string of the molecule is N=CC(C(=O)N1CC(c2ccc(F)cc2)C(F)(F)C1)C(=Nc1ccc(F)cc1)C1CCN(Cc2ccc(S(N)(=O)=O)cc2)CC1. The van der Waals surface area contributed by atoms with Crippen molar-refractivity contribution in [2.24, 2.45) is 22.0 Å². The number of nitrogens with two attached hydrogens (primary N) is 1. The van der Waals surface area contributed by atoms with Crippen LogP contribution in [-0.4, -0.2) is 68.2 Å². The average Bonchev–Trinajstić information content (AvgIpc) is 3.33. The van der Waals surface area contributed by atoms with Crippen molar-refractivity contribution in [2.75, 3.05) is 26.2 Å². The number of likely N-dealkylation sites (tertiary alicyclic amines) is 2. The lowest BCUT2D eigenvalue weighted by Gasteiger charge is -2.34. The number of primary sulfonamides is 1. The third-order valence-electron chi connectivity index (χ3n) is 8.40. The van der Waals surface area contributed by atoms with Crippen LogP contribution in [0.1, 0.15) is 29.9 Å². The van der Waals surface area contributed by atoms with E-state index < -0.39 is 51.9 Å². The monoisotopic (exact) mass is 643 g/mol. The Labute approximate surface area is 259 Å². The molecule has 45 heavy (non-hydrogen) atoms. The smallest absolute Gasteiger partial charge is 0.273 e. The van der Waals surface area contributed by atoms with Gasteiger partial charge in [-0.1, -0.05) is 24.3 Å². The van der Waals surface area contributed by atoms with Gasteiger partial charge >= 0.3 is 0 Å². The van der Waals surface area contributed by atoms with Crippen LogP contribution in [0.4, 0.5) is 23.2 Å². The van der Waals surface area contributed by atoms with Crippen molar-refractivity contribution in [1.29, 1.82) is 5.41 Å². The number of benzene rings is 3. The molecule has 8 nitrogen and oxygen atoms in total. The summed E-state index contributed by atoms with van der Waals surface area (Å²) in [6.45, 7) is 0.594. The zero-order chi connectivity index (χ0) is 32.4. The first-order chi connectivity index (χ1) is 21.3. The standard InChI is InChI=1S/C32H33F4N5O3S/c33-24-5-3-22(4-6-24)29-19-41(20-32(29,35)36)31(42)28(17-37)30(39-26-9-7-25(34)8-10-26)23-13-15-40(16-14-23)18-21-1-11-27(12-2-21)45(38,43)44/h1-12,17,23,28-29,37H,13-16,18-20H2,(H2,38,43,44). The topological polar surface area (TPSA) is 120 Å². The molecule has 3 aromatic rings. The highest BCUT2D eigenvalue weighted by Crippen LogP contribution is 2.41. The lowest BCUT2D eigenvalue weighted by molar-refractivity contribution is -0.132. The molecule has 0 aliphatic carbocycles. The summed E-state index contributed by atoms with van der Waals surface area (Å²) in [4.78, 5) is 21.7. The molecule has 2 atom stereocenters. The molecule has 0 saturated carbocycles. The Morgan fingerprint density at radius 3 is 2.11 bits per heavy atom. The van der Waals surface area contributed by atoms with Gasteiger partial charge in [-0.05, 0) is 85.6 Å². The van der Waals surface area contributed by atoms with E-state index in [1.165, 1.54) is 48.5 Å². The molecule has 2 aliphatic rings. The van der Waals surface area contributed by atoms with E-state index in [1.54, 1.807) is 12.1 Å². The third kappa shape index (κ3) is 7.66. The predicted octanol–water partition coefficient (Wildman–Crippen LogP) is 5.12. The van der Waals surface area contributed by atoms with E-state index in [1.807, 2.05) is 0 Å². The average molecular weight is 644 g/mol. The highest BCUT2D eigenvalue weighted by atomic mass is 32.2. The maximum absolute atomic E-state index is 15.2. The fraction of sp³-hybridized carbons (Fsp3) is 0.344. The van der Waals surface area contributed by atoms with Crippen LogP contribution < -0.4 is 5.14 Å². The van der Waals surface area contributed by atoms with Crippen LogP contribution in [-0.2, 0) is 21.4 Å². The molecule has 0 spiro atoms. The maximum atomic E-state index is 15.2. The summed E-state index contributed by atoms with van der Waals surface area (Å²) in [6, 6.07) is 16.5. The van der Waals surface area contributed by atoms with Crippen LogP contribution >= 0.6 is 0 Å². The number of nitrogens with zero attached hydrogens (tertiary/aromatic N) is 3. The number of hydrogen-bond acceptors (Lipinski definition) is 6. The number of amides is 1. The van der Waals surface area contributed by atoms with Crippen LogP contribution in [0.5, 0.6) is 0 Å². The molecule has 13 heteroatoms. The fourth-order valence-corrected chi connectivity index (χ4v) is 6.50. The van der Waals surface area contributed by atoms with Gasteiger partial charge in [-0.15, -0.1) is 0 Å². The van der Waals surface area contributed by atoms with Gasteiger partial charge in [-0.2, -0.15) is 0 Å². The van der Waals surface area contributed by atoms with Crippen LogP contribution in [0.2, 0.25) is 0 Å². The summed E-state index contributed by atoms with van der Waals surface area (Å²) < 4.78 is 80.5. The number of sulfonamides is 1. The number of piperidine rings is 1. The van der Waals surface area contributed by atoms with E-state index in [9.17, 15) is 22.0 Å². The van der Waals surface area contributed by atoms with Crippen molar-refractivity contribution in [3.63, 3.8) is 0 Å². The predicted molar refractivity (Wildman–Crippen MR) is 162 cm³/mol. The number of hydrogen-bond donors (Lipinski definition) is 2. The highest BCUT2D eigenvalue weighted by molar-refractivity contribution is 7.89. The molecular formula is C32H33F4N5O3S. The lowest BCUT2D eigenvalue weighted by Crippen LogP contribution is -2.44. The molecule has 2 saturated heterocycles. The summed E-state index contributed by atoms with van der Waals surface area (Å²) in [7, 11) is -3.80. The number of nitrogens with one attached hydrogen (secondary N) is 1. The molecule has 2 fully saturated rings. The Balaban J connectivity index is 1.34. The minimum atomic E-state index is -3.80. The summed E-state index contributed by atoms with van der Waals surface area (Å²) in [5.74, 6) is -7.74. The van der Waals surface area contributed by atoms with Gasteiger partial charge in [0.05, 0.1) is 23.0 Å². The Morgan fingerprint density at radius 2 is 1.56 bits per heavy atom. The van der Waals surface area contributed by atoms with Gasteiger partial charge in [0.1, 0.15) is 17.6 Å². The van der Waals surface area contributed by atoms with E-state index in [4.69, 9.17) is 10.5 Å². The van der Waals surface area contributed by atoms with Crippen LogP contribution in [0.3, 0.4) is 0 Å². The summed E-state index contributed by atoms with van der Waals surface area (Å²) in [6.07, 6.45) is 2.04. The van der Waals surface area contributed by atoms with Crippen molar-refractivity contribution in [1.82, 2.24) is 9.80 Å². The lowest BCUT2D eigenvalue weighted by atomic mass is 9.84. The number of halogens is 4. The van der Waals surface area contributed by atoms with Gasteiger partial charge < -0.3 is 10.3 Å². The highest BCUT2D eigenvalue weighted by Gasteiger charge is 2.51. The molecule has 2 heterocycles. The van der Waals surface area contributed by atoms with Gasteiger partial charge in [0.25, 0.3) is 5.92 Å². The first-order valence-corrected chi connectivity index (χ1v) is 16.0. The normalized spacial score (nSPS) is 20.2. The minimum absolute atomic E-state index is 0.0220. The zero-order valence-corrected chi connectivity index (χ0v) is 25.1. The van der Waals surface area contributed by atoms with E-state index >= 15 is 8.78 Å². The van der Waals surface area contributed by atoms with Crippen LogP contribution in [0.25, 0.3) is 0 Å². The van der Waals surface area contributed by atoms with E-state index in [0.29, 0.717) is 43.9 Å². The second-order valence-corrected chi connectivity index (χ2v) is 13.0. The van der Waals surface area contributed by atoms with E-state index in [-0.39, 0.29) is 22.9 Å². The van der Waals surface area contributed by atoms with Gasteiger partial charge in [-0.25, -0.2) is 31.1 Å². The molecule has 3 aromatic carbocycles. The van der Waals surface area contributed by atoms with Gasteiger partial charge in [0, 0.05) is 30.9 Å². The molecule has 3 N–H and O–H groups in total. The molecule has 0 radical (unpaired) electrons. The van der Waals surface area contributed by atoms with Gasteiger partial charge in [0.2, 0.25) is 15.9 Å². The Morgan fingerprint density at radius 1 is 0.978 bits per heavy atom. The van der Waals surface area contributed by atoms with Crippen molar-refractivity contribution >= 4 is 33.5 Å². The Kier molecular flexibility index (Phi) is 9.52. The van der Waals surface area contributed by atoms with Crippen LogP contribution in [0.15, 0.2) is 82.7 Å². The second kappa shape index (κ2) is 13.2. The quantitative estimate of drug-likeness (QED) is 0.248. The first kappa shape index (κ1) is 32.5. The largest absolute Gasteiger partial charge is 0.335 e. The minimum Gasteiger partial charge on any atom is -0.335 e. The molecule has 5 rings (SSSR count). The molecule has 2 aliphatic heterocycles. The van der Waals surface area contributed by atoms with Crippen molar-refractivity contribution in [2.45, 2.75) is 36.1 Å². The number of carbonyl (C=O) groups excluding carboxylic acids is 1.